The maximum atomic E-state index is 10.5. The second-order valence-corrected chi connectivity index (χ2v) is 1.98. The van der Waals surface area contributed by atoms with E-state index < -0.39 is 0 Å². The van der Waals surface area contributed by atoms with Gasteiger partial charge in [-0.2, -0.15) is 0 Å². The third-order valence-corrected chi connectivity index (χ3v) is 1.36. The first kappa shape index (κ1) is 5.38. The molecule has 0 aromatic rings. The summed E-state index contributed by atoms with van der Waals surface area (Å²) in [6, 6.07) is 0. The summed E-state index contributed by atoms with van der Waals surface area (Å²) in [6.45, 7) is 3.46. The molecule has 1 nitrogen and oxygen atoms in total. The van der Waals surface area contributed by atoms with Crippen LogP contribution in [-0.4, -0.2) is 10.6 Å². The highest BCUT2D eigenvalue weighted by molar-refractivity contribution is 7.81. The molecule has 0 saturated heterocycles. The molecule has 0 N–H and O–H groups in total. The first-order valence-electron chi connectivity index (χ1n) is 2.17. The Morgan fingerprint density at radius 1 is 1.50 bits per heavy atom. The fourth-order valence-corrected chi connectivity index (χ4v) is 0.643. The summed E-state index contributed by atoms with van der Waals surface area (Å²) in [5, 5.41) is 0. The standard InChI is InChI=1S/C6H4OS/c1-4-5(7)2-3-6(4)8/h2-3H,1H2. The summed E-state index contributed by atoms with van der Waals surface area (Å²) in [5.41, 5.74) is 0.444. The largest absolute Gasteiger partial charge is 0.289 e. The lowest BCUT2D eigenvalue weighted by molar-refractivity contribution is -0.110. The van der Waals surface area contributed by atoms with Crippen molar-refractivity contribution in [3.05, 3.63) is 24.3 Å². The predicted octanol–water partition coefficient (Wildman–Crippen LogP) is 1.05. The van der Waals surface area contributed by atoms with Crippen LogP contribution < -0.4 is 0 Å². The summed E-state index contributed by atoms with van der Waals surface area (Å²) >= 11 is 4.71. The fraction of sp³-hybridized carbons (Fsp3) is 0. The van der Waals surface area contributed by atoms with Crippen LogP contribution >= 0.6 is 12.2 Å². The van der Waals surface area contributed by atoms with E-state index in [1.807, 2.05) is 0 Å². The van der Waals surface area contributed by atoms with Crippen LogP contribution in [-0.2, 0) is 4.79 Å². The smallest absolute Gasteiger partial charge is 0.186 e. The number of allylic oxidation sites excluding steroid dienone is 3. The van der Waals surface area contributed by atoms with Crippen molar-refractivity contribution in [2.24, 2.45) is 0 Å². The van der Waals surface area contributed by atoms with Gasteiger partial charge in [-0.05, 0) is 12.2 Å². The van der Waals surface area contributed by atoms with Crippen LogP contribution in [0.3, 0.4) is 0 Å². The van der Waals surface area contributed by atoms with E-state index in [0.717, 1.165) is 0 Å². The number of hydrogen-bond acceptors (Lipinski definition) is 2. The monoisotopic (exact) mass is 124 g/mol. The summed E-state index contributed by atoms with van der Waals surface area (Å²) in [5.74, 6) is -0.0602. The van der Waals surface area contributed by atoms with Crippen LogP contribution in [0, 0.1) is 0 Å². The summed E-state index contributed by atoms with van der Waals surface area (Å²) in [6.07, 6.45) is 3.03. The molecule has 0 saturated carbocycles. The average molecular weight is 124 g/mol. The highest BCUT2D eigenvalue weighted by Gasteiger charge is 2.12. The van der Waals surface area contributed by atoms with Gasteiger partial charge in [0.1, 0.15) is 0 Å². The lowest BCUT2D eigenvalue weighted by atomic mass is 10.2. The van der Waals surface area contributed by atoms with E-state index in [1.165, 1.54) is 6.08 Å². The minimum absolute atomic E-state index is 0.0602. The van der Waals surface area contributed by atoms with E-state index >= 15 is 0 Å². The van der Waals surface area contributed by atoms with E-state index in [-0.39, 0.29) is 5.78 Å². The maximum Gasteiger partial charge on any atom is 0.186 e. The zero-order valence-corrected chi connectivity index (χ0v) is 4.99. The molecule has 0 fully saturated rings. The molecule has 0 radical (unpaired) electrons. The minimum Gasteiger partial charge on any atom is -0.289 e. The van der Waals surface area contributed by atoms with Gasteiger partial charge in [0.05, 0.1) is 0 Å². The van der Waals surface area contributed by atoms with Crippen molar-refractivity contribution in [1.82, 2.24) is 0 Å². The van der Waals surface area contributed by atoms with Gasteiger partial charge >= 0.3 is 0 Å². The van der Waals surface area contributed by atoms with Crippen LogP contribution in [0.4, 0.5) is 0 Å². The van der Waals surface area contributed by atoms with Crippen molar-refractivity contribution in [2.75, 3.05) is 0 Å². The van der Waals surface area contributed by atoms with Gasteiger partial charge in [-0.25, -0.2) is 0 Å². The molecule has 0 bridgehead atoms. The molecule has 0 unspecified atom stereocenters. The van der Waals surface area contributed by atoms with Crippen LogP contribution in [0.1, 0.15) is 0 Å². The van der Waals surface area contributed by atoms with Crippen LogP contribution in [0.25, 0.3) is 0 Å². The average Bonchev–Trinajstić information content (AvgIpc) is 1.98. The molecular formula is C6H4OS. The van der Waals surface area contributed by atoms with Crippen molar-refractivity contribution in [3.8, 4) is 0 Å². The SMILES string of the molecule is C=C1C(=O)C=CC1=S. The quantitative estimate of drug-likeness (QED) is 0.354. The maximum absolute atomic E-state index is 10.5. The number of hydrogen-bond donors (Lipinski definition) is 0. The number of thiocarbonyl (C=S) groups is 1. The molecule has 0 amide bonds. The van der Waals surface area contributed by atoms with Gasteiger partial charge in [0.25, 0.3) is 0 Å². The van der Waals surface area contributed by atoms with Gasteiger partial charge in [-0.3, -0.25) is 4.79 Å². The number of ketones is 1. The molecule has 0 spiro atoms. The normalized spacial score (nSPS) is 18.2. The zero-order chi connectivity index (χ0) is 6.15. The highest BCUT2D eigenvalue weighted by atomic mass is 32.1. The highest BCUT2D eigenvalue weighted by Crippen LogP contribution is 2.07. The fourth-order valence-electron chi connectivity index (χ4n) is 0.474. The van der Waals surface area contributed by atoms with Gasteiger partial charge in [0.15, 0.2) is 5.78 Å². The van der Waals surface area contributed by atoms with Gasteiger partial charge in [-0.15, -0.1) is 0 Å². The molecule has 8 heavy (non-hydrogen) atoms. The van der Waals surface area contributed by atoms with Crippen molar-refractivity contribution in [2.45, 2.75) is 0 Å². The predicted molar refractivity (Wildman–Crippen MR) is 35.9 cm³/mol. The Balaban J connectivity index is 3.02. The van der Waals surface area contributed by atoms with Crippen LogP contribution in [0.5, 0.6) is 0 Å². The van der Waals surface area contributed by atoms with E-state index in [9.17, 15) is 4.79 Å². The molecule has 1 aliphatic rings. The van der Waals surface area contributed by atoms with Gasteiger partial charge < -0.3 is 0 Å². The second-order valence-electron chi connectivity index (χ2n) is 1.54. The van der Waals surface area contributed by atoms with E-state index in [2.05, 4.69) is 6.58 Å². The number of carbonyl (C=O) groups excluding carboxylic acids is 1. The minimum atomic E-state index is -0.0602. The van der Waals surface area contributed by atoms with E-state index in [4.69, 9.17) is 12.2 Å². The topological polar surface area (TPSA) is 17.1 Å². The Hall–Kier alpha value is -0.760. The molecule has 0 aliphatic heterocycles. The van der Waals surface area contributed by atoms with Crippen molar-refractivity contribution in [1.29, 1.82) is 0 Å². The molecule has 1 aliphatic carbocycles. The van der Waals surface area contributed by atoms with Crippen molar-refractivity contribution in [3.63, 3.8) is 0 Å². The zero-order valence-electron chi connectivity index (χ0n) is 4.18. The van der Waals surface area contributed by atoms with Crippen LogP contribution in [0.2, 0.25) is 0 Å². The molecule has 0 aromatic heterocycles. The first-order valence-corrected chi connectivity index (χ1v) is 2.58. The summed E-state index contributed by atoms with van der Waals surface area (Å²) in [4.78, 5) is 11.1. The lowest BCUT2D eigenvalue weighted by Gasteiger charge is -1.84. The molecule has 1 rings (SSSR count). The van der Waals surface area contributed by atoms with Crippen molar-refractivity contribution >= 4 is 22.9 Å². The Labute approximate surface area is 52.7 Å². The van der Waals surface area contributed by atoms with Gasteiger partial charge in [0.2, 0.25) is 0 Å². The molecule has 0 atom stereocenters. The van der Waals surface area contributed by atoms with Crippen molar-refractivity contribution < 1.29 is 4.79 Å². The molecule has 40 valence electrons. The Bertz CT molecular complexity index is 181. The number of carbonyl (C=O) groups is 1. The Kier molecular flexibility index (Phi) is 1.10. The third kappa shape index (κ3) is 0.629. The second kappa shape index (κ2) is 1.63. The third-order valence-electron chi connectivity index (χ3n) is 0.981. The molecular weight excluding hydrogens is 120 g/mol. The molecule has 2 heteroatoms. The lowest BCUT2D eigenvalue weighted by Crippen LogP contribution is -1.95. The summed E-state index contributed by atoms with van der Waals surface area (Å²) < 4.78 is 0. The Morgan fingerprint density at radius 2 is 2.12 bits per heavy atom. The molecule has 0 heterocycles. The molecule has 0 aromatic carbocycles. The number of rotatable bonds is 0. The first-order chi connectivity index (χ1) is 3.72. The van der Waals surface area contributed by atoms with E-state index in [0.29, 0.717) is 10.4 Å². The summed E-state index contributed by atoms with van der Waals surface area (Å²) in [7, 11) is 0. The van der Waals surface area contributed by atoms with Crippen LogP contribution in [0.15, 0.2) is 24.3 Å². The van der Waals surface area contributed by atoms with Gasteiger partial charge in [0, 0.05) is 10.4 Å². The van der Waals surface area contributed by atoms with E-state index in [1.54, 1.807) is 6.08 Å². The van der Waals surface area contributed by atoms with Gasteiger partial charge in [-0.1, -0.05) is 18.8 Å². The Morgan fingerprint density at radius 3 is 2.25 bits per heavy atom.